The van der Waals surface area contributed by atoms with Gasteiger partial charge in [-0.05, 0) is 46.6 Å². The van der Waals surface area contributed by atoms with Crippen LogP contribution in [-0.4, -0.2) is 25.2 Å². The summed E-state index contributed by atoms with van der Waals surface area (Å²) in [5.41, 5.74) is 1.60. The van der Waals surface area contributed by atoms with Gasteiger partial charge in [0.1, 0.15) is 0 Å². The molecule has 0 radical (unpaired) electrons. The molecule has 0 bridgehead atoms. The number of hydrogen-bond donors (Lipinski definition) is 1. The van der Waals surface area contributed by atoms with Crippen LogP contribution in [0, 0.1) is 6.92 Å². The zero-order valence-electron chi connectivity index (χ0n) is 9.31. The number of allylic oxidation sites excluding steroid dienone is 1. The average molecular weight is 296 g/mol. The Morgan fingerprint density at radius 1 is 1.59 bits per heavy atom. The van der Waals surface area contributed by atoms with Crippen molar-refractivity contribution in [2.75, 3.05) is 0 Å². The third-order valence-electron chi connectivity index (χ3n) is 2.17. The third-order valence-corrected chi connectivity index (χ3v) is 2.73. The van der Waals surface area contributed by atoms with Gasteiger partial charge in [-0.25, -0.2) is 0 Å². The second kappa shape index (κ2) is 4.62. The molecule has 0 aromatic carbocycles. The van der Waals surface area contributed by atoms with E-state index in [1.54, 1.807) is 18.5 Å². The van der Waals surface area contributed by atoms with E-state index in [4.69, 9.17) is 0 Å². The summed E-state index contributed by atoms with van der Waals surface area (Å²) in [4.78, 5) is 11.8. The molecule has 0 aliphatic rings. The number of hydrogen-bond acceptors (Lipinski definition) is 4. The molecule has 17 heavy (non-hydrogen) atoms. The van der Waals surface area contributed by atoms with Crippen molar-refractivity contribution in [3.05, 3.63) is 38.5 Å². The van der Waals surface area contributed by atoms with E-state index in [-0.39, 0.29) is 5.56 Å². The molecule has 2 rings (SSSR count). The summed E-state index contributed by atoms with van der Waals surface area (Å²) in [6.45, 7) is 3.73. The van der Waals surface area contributed by atoms with Crippen LogP contribution in [0.25, 0.3) is 11.8 Å². The monoisotopic (exact) mass is 295 g/mol. The standard InChI is InChI=1S/C10H10BrN5O/c1-6-3-8(11)10(17)16(4-6)5-7(2)9-12-14-15-13-9/h3-5H,1-2H3,(H,12,13,14,15)/b7-5-. The van der Waals surface area contributed by atoms with Gasteiger partial charge in [-0.3, -0.25) is 9.36 Å². The lowest BCUT2D eigenvalue weighted by atomic mass is 10.3. The minimum Gasteiger partial charge on any atom is -0.289 e. The highest BCUT2D eigenvalue weighted by Crippen LogP contribution is 2.10. The number of aryl methyl sites for hydroxylation is 1. The first-order valence-corrected chi connectivity index (χ1v) is 5.68. The minimum absolute atomic E-state index is 0.126. The molecule has 0 aliphatic carbocycles. The van der Waals surface area contributed by atoms with Crippen LogP contribution in [0.3, 0.4) is 0 Å². The topological polar surface area (TPSA) is 76.5 Å². The molecule has 2 aromatic rings. The summed E-state index contributed by atoms with van der Waals surface area (Å²) in [6, 6.07) is 1.77. The molecular weight excluding hydrogens is 286 g/mol. The summed E-state index contributed by atoms with van der Waals surface area (Å²) in [5.74, 6) is 0.467. The lowest BCUT2D eigenvalue weighted by Gasteiger charge is -2.03. The Bertz CT molecular complexity index is 614. The molecule has 2 heterocycles. The van der Waals surface area contributed by atoms with Gasteiger partial charge >= 0.3 is 0 Å². The van der Waals surface area contributed by atoms with Crippen LogP contribution in [-0.2, 0) is 0 Å². The van der Waals surface area contributed by atoms with Crippen LogP contribution in [0.15, 0.2) is 21.5 Å². The predicted molar refractivity (Wildman–Crippen MR) is 67.2 cm³/mol. The number of aromatic amines is 1. The van der Waals surface area contributed by atoms with Gasteiger partial charge in [-0.1, -0.05) is 0 Å². The van der Waals surface area contributed by atoms with Crippen LogP contribution in [0.1, 0.15) is 18.3 Å². The van der Waals surface area contributed by atoms with Crippen molar-refractivity contribution in [1.82, 2.24) is 25.2 Å². The second-order valence-electron chi connectivity index (χ2n) is 3.63. The number of rotatable bonds is 2. The third kappa shape index (κ3) is 2.50. The maximum absolute atomic E-state index is 11.8. The van der Waals surface area contributed by atoms with Crippen LogP contribution in [0.5, 0.6) is 0 Å². The fraction of sp³-hybridized carbons (Fsp3) is 0.200. The first kappa shape index (κ1) is 11.7. The Morgan fingerprint density at radius 3 is 3.00 bits per heavy atom. The van der Waals surface area contributed by atoms with Crippen molar-refractivity contribution < 1.29 is 0 Å². The van der Waals surface area contributed by atoms with E-state index in [0.29, 0.717) is 10.3 Å². The van der Waals surface area contributed by atoms with E-state index < -0.39 is 0 Å². The molecule has 0 unspecified atom stereocenters. The minimum atomic E-state index is -0.126. The summed E-state index contributed by atoms with van der Waals surface area (Å²) in [6.07, 6.45) is 3.42. The number of H-pyrrole nitrogens is 1. The van der Waals surface area contributed by atoms with Gasteiger partial charge in [-0.15, -0.1) is 10.2 Å². The SMILES string of the molecule is C/C(=C/n1cc(C)cc(Br)c1=O)c1nn[nH]n1. The molecule has 6 nitrogen and oxygen atoms in total. The first-order chi connectivity index (χ1) is 8.08. The number of aromatic nitrogens is 5. The zero-order chi connectivity index (χ0) is 12.4. The van der Waals surface area contributed by atoms with Crippen LogP contribution < -0.4 is 5.56 Å². The van der Waals surface area contributed by atoms with Crippen molar-refractivity contribution in [1.29, 1.82) is 0 Å². The van der Waals surface area contributed by atoms with E-state index in [9.17, 15) is 4.79 Å². The summed E-state index contributed by atoms with van der Waals surface area (Å²) < 4.78 is 2.01. The number of nitrogens with zero attached hydrogens (tertiary/aromatic N) is 4. The zero-order valence-corrected chi connectivity index (χ0v) is 10.9. The normalized spacial score (nSPS) is 11.8. The molecule has 0 atom stereocenters. The van der Waals surface area contributed by atoms with E-state index in [0.717, 1.165) is 11.1 Å². The Hall–Kier alpha value is -1.76. The largest absolute Gasteiger partial charge is 0.289 e. The predicted octanol–water partition coefficient (Wildman–Crippen LogP) is 1.45. The molecule has 7 heteroatoms. The van der Waals surface area contributed by atoms with Gasteiger partial charge in [0.2, 0.25) is 5.82 Å². The Labute approximate surface area is 105 Å². The molecule has 0 fully saturated rings. The Balaban J connectivity index is 2.49. The Morgan fingerprint density at radius 2 is 2.35 bits per heavy atom. The molecule has 0 aliphatic heterocycles. The fourth-order valence-electron chi connectivity index (χ4n) is 1.39. The highest BCUT2D eigenvalue weighted by Gasteiger charge is 2.04. The maximum Gasteiger partial charge on any atom is 0.268 e. The highest BCUT2D eigenvalue weighted by molar-refractivity contribution is 9.10. The van der Waals surface area contributed by atoms with Crippen molar-refractivity contribution in [2.24, 2.45) is 0 Å². The van der Waals surface area contributed by atoms with Crippen LogP contribution in [0.4, 0.5) is 0 Å². The summed E-state index contributed by atoms with van der Waals surface area (Å²) in [7, 11) is 0. The van der Waals surface area contributed by atoms with Gasteiger partial charge in [0.15, 0.2) is 0 Å². The smallest absolute Gasteiger partial charge is 0.268 e. The van der Waals surface area contributed by atoms with Crippen molar-refractivity contribution in [3.63, 3.8) is 0 Å². The lowest BCUT2D eigenvalue weighted by Crippen LogP contribution is -2.16. The maximum atomic E-state index is 11.8. The highest BCUT2D eigenvalue weighted by atomic mass is 79.9. The van der Waals surface area contributed by atoms with Crippen molar-refractivity contribution >= 4 is 27.7 Å². The van der Waals surface area contributed by atoms with Gasteiger partial charge < -0.3 is 0 Å². The molecule has 2 aromatic heterocycles. The molecule has 0 saturated heterocycles. The number of halogens is 1. The van der Waals surface area contributed by atoms with Crippen LogP contribution in [0.2, 0.25) is 0 Å². The number of pyridine rings is 1. The van der Waals surface area contributed by atoms with E-state index in [1.807, 2.05) is 13.8 Å². The molecule has 0 spiro atoms. The quantitative estimate of drug-likeness (QED) is 0.910. The Kier molecular flexibility index (Phi) is 3.19. The van der Waals surface area contributed by atoms with E-state index in [2.05, 4.69) is 36.6 Å². The average Bonchev–Trinajstić information content (AvgIpc) is 2.78. The van der Waals surface area contributed by atoms with Crippen molar-refractivity contribution in [3.8, 4) is 0 Å². The molecule has 0 amide bonds. The summed E-state index contributed by atoms with van der Waals surface area (Å²) in [5, 5.41) is 13.5. The number of nitrogens with one attached hydrogen (secondary N) is 1. The number of tetrazole rings is 1. The van der Waals surface area contributed by atoms with Gasteiger partial charge in [0.25, 0.3) is 5.56 Å². The fourth-order valence-corrected chi connectivity index (χ4v) is 1.96. The van der Waals surface area contributed by atoms with Crippen LogP contribution >= 0.6 is 15.9 Å². The summed E-state index contributed by atoms with van der Waals surface area (Å²) >= 11 is 3.22. The van der Waals surface area contributed by atoms with Gasteiger partial charge in [0.05, 0.1) is 4.47 Å². The van der Waals surface area contributed by atoms with E-state index >= 15 is 0 Å². The van der Waals surface area contributed by atoms with E-state index in [1.165, 1.54) is 4.57 Å². The molecule has 1 N–H and O–H groups in total. The molecule has 0 saturated carbocycles. The lowest BCUT2D eigenvalue weighted by molar-refractivity contribution is 0.881. The first-order valence-electron chi connectivity index (χ1n) is 4.88. The second-order valence-corrected chi connectivity index (χ2v) is 4.48. The van der Waals surface area contributed by atoms with Crippen molar-refractivity contribution in [2.45, 2.75) is 13.8 Å². The molecular formula is C10H10BrN5O. The van der Waals surface area contributed by atoms with Gasteiger partial charge in [0, 0.05) is 18.0 Å². The van der Waals surface area contributed by atoms with Gasteiger partial charge in [-0.2, -0.15) is 5.21 Å². The molecule has 88 valence electrons.